The molecule has 0 unspecified atom stereocenters. The second-order valence-electron chi connectivity index (χ2n) is 3.65. The highest BCUT2D eigenvalue weighted by atomic mass is 19.1. The fourth-order valence-electron chi connectivity index (χ4n) is 1.75. The molecular formula is C9H8B3F3O3. The van der Waals surface area contributed by atoms with Gasteiger partial charge >= 0.3 is 22.5 Å². The summed E-state index contributed by atoms with van der Waals surface area (Å²) in [6.07, 6.45) is 0. The van der Waals surface area contributed by atoms with Crippen LogP contribution in [0.25, 0.3) is 0 Å². The highest BCUT2D eigenvalue weighted by Crippen LogP contribution is 2.18. The van der Waals surface area contributed by atoms with Crippen LogP contribution >= 0.6 is 0 Å². The first-order valence-corrected chi connectivity index (χ1v) is 5.22. The van der Waals surface area contributed by atoms with E-state index < -0.39 is 27.1 Å². The number of halogens is 3. The molecule has 1 aliphatic heterocycles. The van der Waals surface area contributed by atoms with Gasteiger partial charge in [0.25, 0.3) is 0 Å². The number of hydrogen-bond acceptors (Lipinski definition) is 3. The molecule has 1 fully saturated rings. The first-order chi connectivity index (χ1) is 8.80. The lowest BCUT2D eigenvalue weighted by molar-refractivity contribution is 0.333. The Morgan fingerprint density at radius 2 is 1.50 bits per heavy atom. The first kappa shape index (κ1) is 13.5. The van der Waals surface area contributed by atoms with Crippen molar-refractivity contribution in [2.24, 2.45) is 0 Å². The maximum Gasteiger partial charge on any atom is 0.465 e. The van der Waals surface area contributed by atoms with Gasteiger partial charge in [-0.05, 0) is 22.2 Å². The van der Waals surface area contributed by atoms with E-state index in [-0.39, 0.29) is 16.7 Å². The Hall–Kier alpha value is -0.915. The van der Waals surface area contributed by atoms with Gasteiger partial charge < -0.3 is 13.7 Å². The van der Waals surface area contributed by atoms with Gasteiger partial charge in [0.1, 0.15) is 20.0 Å². The van der Waals surface area contributed by atoms with Crippen LogP contribution in [-0.4, -0.2) is 22.5 Å². The minimum atomic E-state index is -0.910. The zero-order valence-corrected chi connectivity index (χ0v) is 9.37. The van der Waals surface area contributed by atoms with Gasteiger partial charge in [0.05, 0.1) is 0 Å². The fraction of sp³-hybridized carbons (Fsp3) is 0.333. The zero-order chi connectivity index (χ0) is 13.0. The number of rotatable bonds is 4. The minimum Gasteiger partial charge on any atom is -0.457 e. The maximum absolute atomic E-state index is 12.8. The quantitative estimate of drug-likeness (QED) is 0.747. The maximum atomic E-state index is 12.8. The molecule has 0 aliphatic carbocycles. The molecule has 1 aromatic carbocycles. The third-order valence-electron chi connectivity index (χ3n) is 2.62. The first-order valence-electron chi connectivity index (χ1n) is 5.22. The molecule has 92 valence electrons. The second-order valence-corrected chi connectivity index (χ2v) is 3.65. The van der Waals surface area contributed by atoms with Crippen LogP contribution in [-0.2, 0) is 33.7 Å². The van der Waals surface area contributed by atoms with Crippen molar-refractivity contribution >= 4 is 28.0 Å². The Morgan fingerprint density at radius 1 is 0.944 bits per heavy atom. The summed E-state index contributed by atoms with van der Waals surface area (Å²) < 4.78 is 53.0. The van der Waals surface area contributed by atoms with Crippen molar-refractivity contribution in [2.45, 2.75) is 20.0 Å². The smallest absolute Gasteiger partial charge is 0.457 e. The van der Waals surface area contributed by atoms with Gasteiger partial charge in [-0.25, -0.2) is 13.2 Å². The zero-order valence-electron chi connectivity index (χ0n) is 9.37. The van der Waals surface area contributed by atoms with Crippen molar-refractivity contribution in [1.29, 1.82) is 0 Å². The molecule has 0 spiro atoms. The highest BCUT2D eigenvalue weighted by Gasteiger charge is 2.28. The summed E-state index contributed by atoms with van der Waals surface area (Å²) in [5.41, 5.74) is 0.648. The lowest BCUT2D eigenvalue weighted by Gasteiger charge is -2.20. The summed E-state index contributed by atoms with van der Waals surface area (Å²) in [6.45, 7) is -2.67. The van der Waals surface area contributed by atoms with E-state index in [1.165, 1.54) is 12.1 Å². The van der Waals surface area contributed by atoms with Gasteiger partial charge in [0, 0.05) is 0 Å². The van der Waals surface area contributed by atoms with Gasteiger partial charge in [-0.1, -0.05) is 12.1 Å². The third-order valence-corrected chi connectivity index (χ3v) is 2.62. The lowest BCUT2D eigenvalue weighted by Crippen LogP contribution is -2.44. The molecule has 0 N–H and O–H groups in total. The highest BCUT2D eigenvalue weighted by molar-refractivity contribution is 6.71. The SMILES string of the molecule is FCc1cc(B2O[B]O[B]O2)cc(CF)c1CF. The predicted molar refractivity (Wildman–Crippen MR) is 61.0 cm³/mol. The standard InChI is InChI=1S/C9H8B3F3O3/c13-3-6-1-8(12-17-10-16-11-18-12)2-7(4-14)9(6)5-15/h1-2H,3-5H2. The summed E-state index contributed by atoms with van der Waals surface area (Å²) in [5.74, 6) is 0. The van der Waals surface area contributed by atoms with Crippen LogP contribution in [0.5, 0.6) is 0 Å². The summed E-state index contributed by atoms with van der Waals surface area (Å²) in [6, 6.07) is 2.79. The van der Waals surface area contributed by atoms with Crippen LogP contribution in [0.2, 0.25) is 0 Å². The number of hydrogen-bond donors (Lipinski definition) is 0. The van der Waals surface area contributed by atoms with Crippen molar-refractivity contribution in [3.05, 3.63) is 28.8 Å². The largest absolute Gasteiger partial charge is 0.465 e. The Morgan fingerprint density at radius 3 is 1.94 bits per heavy atom. The Kier molecular flexibility index (Phi) is 4.74. The molecule has 1 aromatic rings. The summed E-state index contributed by atoms with van der Waals surface area (Å²) in [7, 11) is 1.24. The Bertz CT molecular complexity index is 390. The topological polar surface area (TPSA) is 27.7 Å². The van der Waals surface area contributed by atoms with Gasteiger partial charge in [-0.15, -0.1) is 0 Å². The van der Waals surface area contributed by atoms with E-state index in [2.05, 4.69) is 4.57 Å². The molecule has 2 rings (SSSR count). The molecule has 0 saturated carbocycles. The molecule has 2 radical (unpaired) electrons. The van der Waals surface area contributed by atoms with Crippen molar-refractivity contribution < 1.29 is 26.9 Å². The molecule has 0 aromatic heterocycles. The van der Waals surface area contributed by atoms with E-state index in [0.29, 0.717) is 5.46 Å². The van der Waals surface area contributed by atoms with Crippen LogP contribution in [0.1, 0.15) is 16.7 Å². The summed E-state index contributed by atoms with van der Waals surface area (Å²) in [4.78, 5) is 0. The van der Waals surface area contributed by atoms with Crippen LogP contribution in [0.15, 0.2) is 12.1 Å². The van der Waals surface area contributed by atoms with Crippen LogP contribution in [0.4, 0.5) is 13.2 Å². The fourth-order valence-corrected chi connectivity index (χ4v) is 1.75. The Balaban J connectivity index is 2.35. The van der Waals surface area contributed by atoms with Crippen molar-refractivity contribution in [2.75, 3.05) is 0 Å². The third kappa shape index (κ3) is 2.73. The predicted octanol–water partition coefficient (Wildman–Crippen LogP) is 0.922. The van der Waals surface area contributed by atoms with Gasteiger partial charge in [0.2, 0.25) is 0 Å². The van der Waals surface area contributed by atoms with Crippen molar-refractivity contribution in [3.8, 4) is 0 Å². The van der Waals surface area contributed by atoms with Crippen LogP contribution in [0.3, 0.4) is 0 Å². The van der Waals surface area contributed by atoms with Crippen LogP contribution < -0.4 is 5.46 Å². The summed E-state index contributed by atoms with van der Waals surface area (Å²) >= 11 is 0. The van der Waals surface area contributed by atoms with E-state index >= 15 is 0 Å². The number of alkyl halides is 3. The molecular weight excluding hydrogens is 246 g/mol. The van der Waals surface area contributed by atoms with Gasteiger partial charge in [-0.2, -0.15) is 0 Å². The number of benzene rings is 1. The molecule has 1 heterocycles. The van der Waals surface area contributed by atoms with Crippen LogP contribution in [0, 0.1) is 0 Å². The van der Waals surface area contributed by atoms with E-state index in [0.717, 1.165) is 15.4 Å². The van der Waals surface area contributed by atoms with E-state index in [9.17, 15) is 13.2 Å². The van der Waals surface area contributed by atoms with Crippen molar-refractivity contribution in [1.82, 2.24) is 0 Å². The summed E-state index contributed by atoms with van der Waals surface area (Å²) in [5, 5.41) is 0. The van der Waals surface area contributed by atoms with E-state index in [1.54, 1.807) is 0 Å². The molecule has 3 nitrogen and oxygen atoms in total. The molecule has 1 saturated heterocycles. The van der Waals surface area contributed by atoms with E-state index in [1.807, 2.05) is 0 Å². The molecule has 0 bridgehead atoms. The molecule has 0 atom stereocenters. The van der Waals surface area contributed by atoms with Gasteiger partial charge in [-0.3, -0.25) is 0 Å². The average Bonchev–Trinajstić information content (AvgIpc) is 2.46. The molecule has 18 heavy (non-hydrogen) atoms. The normalized spacial score (nSPS) is 15.2. The molecule has 9 heteroatoms. The average molecular weight is 254 g/mol. The monoisotopic (exact) mass is 254 g/mol. The second kappa shape index (κ2) is 6.31. The van der Waals surface area contributed by atoms with Crippen molar-refractivity contribution in [3.63, 3.8) is 0 Å². The Labute approximate surface area is 104 Å². The molecule has 0 amide bonds. The molecule has 1 aliphatic rings. The van der Waals surface area contributed by atoms with Gasteiger partial charge in [0.15, 0.2) is 0 Å². The lowest BCUT2D eigenvalue weighted by atomic mass is 9.73. The van der Waals surface area contributed by atoms with E-state index in [4.69, 9.17) is 9.14 Å². The minimum absolute atomic E-state index is 0.0452.